The van der Waals surface area contributed by atoms with Gasteiger partial charge < -0.3 is 14.6 Å². The number of nitrogens with zero attached hydrogens (tertiary/aromatic N) is 1. The van der Waals surface area contributed by atoms with Crippen molar-refractivity contribution in [3.8, 4) is 11.5 Å². The minimum atomic E-state index is -1.19. The lowest BCUT2D eigenvalue weighted by Crippen LogP contribution is -2.43. The molecule has 2 aliphatic rings. The molecule has 2 aromatic rings. The molecular formula is C21H20N2O6. The number of carbonyl (C=O) groups is 3. The number of ether oxygens (including phenoxy) is 2. The van der Waals surface area contributed by atoms with Gasteiger partial charge in [0.1, 0.15) is 17.5 Å². The van der Waals surface area contributed by atoms with Gasteiger partial charge in [0, 0.05) is 11.6 Å². The lowest BCUT2D eigenvalue weighted by atomic mass is 9.86. The van der Waals surface area contributed by atoms with Gasteiger partial charge in [-0.25, -0.2) is 4.90 Å². The summed E-state index contributed by atoms with van der Waals surface area (Å²) in [5.74, 6) is -3.00. The molecule has 8 nitrogen and oxygen atoms in total. The molecule has 2 amide bonds. The summed E-state index contributed by atoms with van der Waals surface area (Å²) in [5.41, 5.74) is 0.999. The highest BCUT2D eigenvalue weighted by Crippen LogP contribution is 2.47. The highest BCUT2D eigenvalue weighted by Gasteiger charge is 2.61. The number of fused-ring (bicyclic) bond motifs is 1. The van der Waals surface area contributed by atoms with Crippen LogP contribution in [0, 0.1) is 11.8 Å². The minimum absolute atomic E-state index is 0.428. The summed E-state index contributed by atoms with van der Waals surface area (Å²) in [6.07, 6.45) is 0. The quantitative estimate of drug-likeness (QED) is 0.740. The van der Waals surface area contributed by atoms with Crippen LogP contribution < -0.4 is 19.7 Å². The van der Waals surface area contributed by atoms with Gasteiger partial charge in [0.25, 0.3) is 0 Å². The van der Waals surface area contributed by atoms with E-state index in [1.54, 1.807) is 48.5 Å². The molecule has 2 heterocycles. The zero-order valence-electron chi connectivity index (χ0n) is 15.9. The fraction of sp³-hybridized carbons (Fsp3) is 0.286. The summed E-state index contributed by atoms with van der Waals surface area (Å²) < 4.78 is 10.7. The number of methoxy groups -OCH3 is 2. The van der Waals surface area contributed by atoms with Gasteiger partial charge in [-0.1, -0.05) is 18.2 Å². The Morgan fingerprint density at radius 2 is 1.69 bits per heavy atom. The maximum Gasteiger partial charge on any atom is 0.321 e. The second kappa shape index (κ2) is 7.21. The second-order valence-electron chi connectivity index (χ2n) is 6.97. The number of amides is 2. The van der Waals surface area contributed by atoms with Crippen LogP contribution in [0.25, 0.3) is 0 Å². The maximum atomic E-state index is 13.3. The maximum absolute atomic E-state index is 13.3. The Hall–Kier alpha value is -3.39. The number of anilines is 1. The molecule has 2 fully saturated rings. The van der Waals surface area contributed by atoms with E-state index in [4.69, 9.17) is 9.47 Å². The standard InChI is InChI=1S/C21H20N2O6/c1-28-12-8-9-14(29-2)13(10-12)17-15-16(18(22-17)21(26)27)20(25)23(19(15)24)11-6-4-3-5-7-11/h3-10,15-18,22H,1-2H3,(H,26,27)/t15-,16+,17+,18+/m1/s1. The number of carboxylic acids is 1. The first kappa shape index (κ1) is 18.9. The minimum Gasteiger partial charge on any atom is -0.497 e. The predicted octanol–water partition coefficient (Wildman–Crippen LogP) is 1.61. The molecule has 2 aromatic carbocycles. The molecule has 29 heavy (non-hydrogen) atoms. The third kappa shape index (κ3) is 2.92. The lowest BCUT2D eigenvalue weighted by molar-refractivity contribution is -0.142. The van der Waals surface area contributed by atoms with Gasteiger partial charge in [0.2, 0.25) is 11.8 Å². The molecular weight excluding hydrogens is 376 g/mol. The van der Waals surface area contributed by atoms with E-state index in [1.807, 2.05) is 0 Å². The summed E-state index contributed by atoms with van der Waals surface area (Å²) in [4.78, 5) is 39.4. The lowest BCUT2D eigenvalue weighted by Gasteiger charge is -2.23. The van der Waals surface area contributed by atoms with Crippen molar-refractivity contribution in [1.29, 1.82) is 0 Å². The van der Waals surface area contributed by atoms with Crippen molar-refractivity contribution in [3.63, 3.8) is 0 Å². The highest BCUT2D eigenvalue weighted by molar-refractivity contribution is 6.23. The second-order valence-corrected chi connectivity index (χ2v) is 6.97. The monoisotopic (exact) mass is 396 g/mol. The SMILES string of the molecule is COc1ccc(OC)c([C@@H]2N[C@H](C(=O)O)[C@H]3C(=O)N(c4ccccc4)C(=O)[C@H]32)c1. The van der Waals surface area contributed by atoms with Crippen molar-refractivity contribution in [2.24, 2.45) is 11.8 Å². The van der Waals surface area contributed by atoms with Crippen LogP contribution in [0.4, 0.5) is 5.69 Å². The molecule has 2 N–H and O–H groups in total. The van der Waals surface area contributed by atoms with Crippen molar-refractivity contribution in [3.05, 3.63) is 54.1 Å². The molecule has 150 valence electrons. The van der Waals surface area contributed by atoms with Crippen LogP contribution >= 0.6 is 0 Å². The van der Waals surface area contributed by atoms with E-state index in [2.05, 4.69) is 5.32 Å². The van der Waals surface area contributed by atoms with Crippen molar-refractivity contribution in [1.82, 2.24) is 5.32 Å². The number of hydrogen-bond acceptors (Lipinski definition) is 6. The molecule has 0 spiro atoms. The summed E-state index contributed by atoms with van der Waals surface area (Å²) in [5, 5.41) is 12.7. The summed E-state index contributed by atoms with van der Waals surface area (Å²) in [7, 11) is 3.00. The molecule has 8 heteroatoms. The van der Waals surface area contributed by atoms with E-state index in [0.29, 0.717) is 22.7 Å². The zero-order valence-corrected chi connectivity index (χ0v) is 15.9. The number of nitrogens with one attached hydrogen (secondary N) is 1. The van der Waals surface area contributed by atoms with Crippen molar-refractivity contribution >= 4 is 23.5 Å². The molecule has 0 unspecified atom stereocenters. The molecule has 2 aliphatic heterocycles. The van der Waals surface area contributed by atoms with E-state index in [1.165, 1.54) is 14.2 Å². The van der Waals surface area contributed by atoms with Crippen LogP contribution in [0.3, 0.4) is 0 Å². The molecule has 4 atom stereocenters. The number of para-hydroxylation sites is 1. The van der Waals surface area contributed by atoms with Crippen LogP contribution in [-0.4, -0.2) is 43.2 Å². The van der Waals surface area contributed by atoms with E-state index in [9.17, 15) is 19.5 Å². The van der Waals surface area contributed by atoms with Crippen LogP contribution in [0.15, 0.2) is 48.5 Å². The average Bonchev–Trinajstić information content (AvgIpc) is 3.25. The summed E-state index contributed by atoms with van der Waals surface area (Å²) in [6, 6.07) is 11.7. The molecule has 0 aliphatic carbocycles. The molecule has 0 bridgehead atoms. The van der Waals surface area contributed by atoms with Crippen molar-refractivity contribution in [2.45, 2.75) is 12.1 Å². The topological polar surface area (TPSA) is 105 Å². The molecule has 4 rings (SSSR count). The third-order valence-corrected chi connectivity index (χ3v) is 5.53. The largest absolute Gasteiger partial charge is 0.497 e. The van der Waals surface area contributed by atoms with Crippen LogP contribution in [0.1, 0.15) is 11.6 Å². The molecule has 0 saturated carbocycles. The van der Waals surface area contributed by atoms with Gasteiger partial charge in [-0.15, -0.1) is 0 Å². The van der Waals surface area contributed by atoms with Gasteiger partial charge >= 0.3 is 5.97 Å². The van der Waals surface area contributed by atoms with Gasteiger partial charge in [0.15, 0.2) is 0 Å². The third-order valence-electron chi connectivity index (χ3n) is 5.53. The highest BCUT2D eigenvalue weighted by atomic mass is 16.5. The molecule has 2 saturated heterocycles. The average molecular weight is 396 g/mol. The van der Waals surface area contributed by atoms with E-state index in [-0.39, 0.29) is 0 Å². The fourth-order valence-electron chi connectivity index (χ4n) is 4.24. The Kier molecular flexibility index (Phi) is 4.71. The number of hydrogen-bond donors (Lipinski definition) is 2. The van der Waals surface area contributed by atoms with E-state index in [0.717, 1.165) is 4.90 Å². The van der Waals surface area contributed by atoms with Gasteiger partial charge in [-0.2, -0.15) is 0 Å². The number of carboxylic acid groups (broad SMARTS) is 1. The number of aliphatic carboxylic acids is 1. The Morgan fingerprint density at radius 1 is 1.00 bits per heavy atom. The van der Waals surface area contributed by atoms with Crippen LogP contribution in [0.2, 0.25) is 0 Å². The Balaban J connectivity index is 1.82. The normalized spacial score (nSPS) is 25.8. The number of carbonyl (C=O) groups excluding carboxylic acids is 2. The van der Waals surface area contributed by atoms with Crippen LogP contribution in [-0.2, 0) is 14.4 Å². The van der Waals surface area contributed by atoms with Gasteiger partial charge in [-0.05, 0) is 30.3 Å². The zero-order chi connectivity index (χ0) is 20.7. The van der Waals surface area contributed by atoms with E-state index >= 15 is 0 Å². The molecule has 0 radical (unpaired) electrons. The number of imide groups is 1. The number of benzene rings is 2. The first-order chi connectivity index (χ1) is 14.0. The first-order valence-corrected chi connectivity index (χ1v) is 9.11. The summed E-state index contributed by atoms with van der Waals surface area (Å²) in [6.45, 7) is 0. The number of rotatable bonds is 5. The molecule has 0 aromatic heterocycles. The predicted molar refractivity (Wildman–Crippen MR) is 103 cm³/mol. The van der Waals surface area contributed by atoms with Crippen LogP contribution in [0.5, 0.6) is 11.5 Å². The van der Waals surface area contributed by atoms with Gasteiger partial charge in [-0.3, -0.25) is 19.7 Å². The summed E-state index contributed by atoms with van der Waals surface area (Å²) >= 11 is 0. The van der Waals surface area contributed by atoms with E-state index < -0.39 is 41.7 Å². The first-order valence-electron chi connectivity index (χ1n) is 9.11. The smallest absolute Gasteiger partial charge is 0.321 e. The van der Waals surface area contributed by atoms with Gasteiger partial charge in [0.05, 0.1) is 31.7 Å². The Bertz CT molecular complexity index is 976. The Labute approximate surface area is 167 Å². The van der Waals surface area contributed by atoms with Crippen molar-refractivity contribution < 1.29 is 29.0 Å². The van der Waals surface area contributed by atoms with Crippen molar-refractivity contribution in [2.75, 3.05) is 19.1 Å². The Morgan fingerprint density at radius 3 is 2.31 bits per heavy atom. The fourth-order valence-corrected chi connectivity index (χ4v) is 4.24.